The van der Waals surface area contributed by atoms with E-state index in [4.69, 9.17) is 0 Å². The summed E-state index contributed by atoms with van der Waals surface area (Å²) in [6.07, 6.45) is 1.00. The van der Waals surface area contributed by atoms with Crippen molar-refractivity contribution in [1.29, 1.82) is 0 Å². The highest BCUT2D eigenvalue weighted by atomic mass is 16.3. The van der Waals surface area contributed by atoms with Crippen molar-refractivity contribution in [1.82, 2.24) is 0 Å². The fraction of sp³-hybridized carbons (Fsp3) is 0.333. The molecule has 1 nitrogen and oxygen atoms in total. The number of aromatic hydroxyl groups is 1. The van der Waals surface area contributed by atoms with Gasteiger partial charge in [-0.25, -0.2) is 0 Å². The zero-order chi connectivity index (χ0) is 11.7. The molecule has 0 spiro atoms. The van der Waals surface area contributed by atoms with E-state index in [9.17, 15) is 5.11 Å². The quantitative estimate of drug-likeness (QED) is 0.793. The summed E-state index contributed by atoms with van der Waals surface area (Å²) in [4.78, 5) is 0. The topological polar surface area (TPSA) is 20.2 Å². The largest absolute Gasteiger partial charge is 0.507 e. The second kappa shape index (κ2) is 4.17. The number of hydrogen-bond donors (Lipinski definition) is 1. The van der Waals surface area contributed by atoms with Crippen molar-refractivity contribution < 1.29 is 5.11 Å². The van der Waals surface area contributed by atoms with Crippen molar-refractivity contribution in [2.24, 2.45) is 0 Å². The van der Waals surface area contributed by atoms with Gasteiger partial charge in [0.15, 0.2) is 0 Å². The summed E-state index contributed by atoms with van der Waals surface area (Å²) in [5, 5.41) is 12.1. The van der Waals surface area contributed by atoms with Crippen LogP contribution in [0.25, 0.3) is 10.8 Å². The van der Waals surface area contributed by atoms with Gasteiger partial charge in [-0.3, -0.25) is 0 Å². The molecule has 0 aromatic heterocycles. The lowest BCUT2D eigenvalue weighted by Crippen LogP contribution is -1.88. The Morgan fingerprint density at radius 1 is 1.12 bits per heavy atom. The first-order valence-corrected chi connectivity index (χ1v) is 5.87. The van der Waals surface area contributed by atoms with Gasteiger partial charge >= 0.3 is 0 Å². The number of fused-ring (bicyclic) bond motifs is 1. The van der Waals surface area contributed by atoms with Crippen molar-refractivity contribution in [3.63, 3.8) is 0 Å². The zero-order valence-corrected chi connectivity index (χ0v) is 10.1. The predicted octanol–water partition coefficient (Wildman–Crippen LogP) is 4.23. The van der Waals surface area contributed by atoms with E-state index in [0.717, 1.165) is 17.2 Å². The minimum absolute atomic E-state index is 0.400. The summed E-state index contributed by atoms with van der Waals surface area (Å²) in [6.45, 7) is 6.41. The number of phenols is 1. The van der Waals surface area contributed by atoms with Crippen molar-refractivity contribution in [2.45, 2.75) is 33.1 Å². The predicted molar refractivity (Wildman–Crippen MR) is 69.1 cm³/mol. The van der Waals surface area contributed by atoms with E-state index in [1.54, 1.807) is 0 Å². The first-order chi connectivity index (χ1) is 7.61. The monoisotopic (exact) mass is 214 g/mol. The molecule has 0 fully saturated rings. The molecule has 0 heterocycles. The molecule has 0 radical (unpaired) electrons. The number of benzene rings is 2. The number of rotatable bonds is 2. The van der Waals surface area contributed by atoms with Gasteiger partial charge in [-0.2, -0.15) is 0 Å². The average Bonchev–Trinajstić information content (AvgIpc) is 2.28. The Bertz CT molecular complexity index is 512. The highest BCUT2D eigenvalue weighted by molar-refractivity contribution is 5.89. The fourth-order valence-electron chi connectivity index (χ4n) is 1.96. The zero-order valence-electron chi connectivity index (χ0n) is 10.1. The summed E-state index contributed by atoms with van der Waals surface area (Å²) < 4.78 is 0. The van der Waals surface area contributed by atoms with Crippen LogP contribution in [0.3, 0.4) is 0 Å². The van der Waals surface area contributed by atoms with Gasteiger partial charge < -0.3 is 5.11 Å². The molecule has 2 rings (SSSR count). The second-order valence-corrected chi connectivity index (χ2v) is 4.60. The van der Waals surface area contributed by atoms with Crippen LogP contribution < -0.4 is 0 Å². The van der Waals surface area contributed by atoms with Crippen molar-refractivity contribution >= 4 is 10.8 Å². The Balaban J connectivity index is 2.66. The summed E-state index contributed by atoms with van der Waals surface area (Å²) in [7, 11) is 0. The average molecular weight is 214 g/mol. The Kier molecular flexibility index (Phi) is 2.86. The van der Waals surface area contributed by atoms with Gasteiger partial charge in [0, 0.05) is 5.39 Å². The van der Waals surface area contributed by atoms with Crippen LogP contribution in [0, 0.1) is 0 Å². The maximum Gasteiger partial charge on any atom is 0.123 e. The minimum Gasteiger partial charge on any atom is -0.507 e. The van der Waals surface area contributed by atoms with Crippen LogP contribution in [0.15, 0.2) is 30.3 Å². The molecule has 2 aromatic rings. The van der Waals surface area contributed by atoms with Crippen LogP contribution in [0.1, 0.15) is 37.8 Å². The van der Waals surface area contributed by atoms with Crippen molar-refractivity contribution in [2.75, 3.05) is 0 Å². The van der Waals surface area contributed by atoms with Crippen LogP contribution >= 0.6 is 0 Å². The van der Waals surface area contributed by atoms with Gasteiger partial charge in [0.2, 0.25) is 0 Å². The van der Waals surface area contributed by atoms with Crippen LogP contribution in [0.4, 0.5) is 0 Å². The Labute approximate surface area is 96.7 Å². The first kappa shape index (κ1) is 11.0. The molecular formula is C15H18O. The summed E-state index contributed by atoms with van der Waals surface area (Å²) in [5.74, 6) is 0.845. The van der Waals surface area contributed by atoms with Gasteiger partial charge in [0.1, 0.15) is 5.75 Å². The van der Waals surface area contributed by atoms with Gasteiger partial charge in [-0.1, -0.05) is 39.0 Å². The molecule has 0 saturated heterocycles. The van der Waals surface area contributed by atoms with E-state index in [1.165, 1.54) is 11.1 Å². The van der Waals surface area contributed by atoms with Gasteiger partial charge in [-0.15, -0.1) is 0 Å². The van der Waals surface area contributed by atoms with Crippen molar-refractivity contribution in [3.8, 4) is 5.75 Å². The van der Waals surface area contributed by atoms with E-state index in [1.807, 2.05) is 6.07 Å². The lowest BCUT2D eigenvalue weighted by molar-refractivity contribution is 0.480. The molecule has 2 aromatic carbocycles. The summed E-state index contributed by atoms with van der Waals surface area (Å²) in [5.41, 5.74) is 2.45. The molecule has 84 valence electrons. The van der Waals surface area contributed by atoms with Crippen LogP contribution in [0.2, 0.25) is 0 Å². The van der Waals surface area contributed by atoms with Crippen LogP contribution in [-0.4, -0.2) is 5.11 Å². The SMILES string of the molecule is CCc1ccc2cc(C(C)C)cc(O)c2c1. The molecule has 0 saturated carbocycles. The third kappa shape index (κ3) is 1.90. The molecule has 0 aliphatic heterocycles. The van der Waals surface area contributed by atoms with Crippen molar-refractivity contribution in [3.05, 3.63) is 41.5 Å². The minimum atomic E-state index is 0.400. The molecule has 0 atom stereocenters. The third-order valence-electron chi connectivity index (χ3n) is 3.09. The standard InChI is InChI=1S/C15H18O/c1-4-11-5-6-12-8-13(10(2)3)9-15(16)14(12)7-11/h5-10,16H,4H2,1-3H3. The highest BCUT2D eigenvalue weighted by Crippen LogP contribution is 2.30. The molecule has 0 unspecified atom stereocenters. The molecule has 16 heavy (non-hydrogen) atoms. The molecule has 0 aliphatic carbocycles. The maximum atomic E-state index is 10.0. The van der Waals surface area contributed by atoms with Gasteiger partial charge in [0.25, 0.3) is 0 Å². The Morgan fingerprint density at radius 2 is 1.88 bits per heavy atom. The maximum absolute atomic E-state index is 10.0. The summed E-state index contributed by atoms with van der Waals surface area (Å²) in [6, 6.07) is 10.4. The van der Waals surface area contributed by atoms with Gasteiger partial charge in [-0.05, 0) is 41.0 Å². The third-order valence-corrected chi connectivity index (χ3v) is 3.09. The molecule has 1 N–H and O–H groups in total. The molecule has 0 amide bonds. The Morgan fingerprint density at radius 3 is 2.50 bits per heavy atom. The molecule has 0 bridgehead atoms. The second-order valence-electron chi connectivity index (χ2n) is 4.60. The number of phenolic OH excluding ortho intramolecular Hbond substituents is 1. The first-order valence-electron chi connectivity index (χ1n) is 5.87. The fourth-order valence-corrected chi connectivity index (χ4v) is 1.96. The molecular weight excluding hydrogens is 196 g/mol. The molecule has 1 heteroatoms. The van der Waals surface area contributed by atoms with Crippen LogP contribution in [0.5, 0.6) is 5.75 Å². The van der Waals surface area contributed by atoms with E-state index in [2.05, 4.69) is 45.0 Å². The van der Waals surface area contributed by atoms with E-state index < -0.39 is 0 Å². The molecule has 0 aliphatic rings. The highest BCUT2D eigenvalue weighted by Gasteiger charge is 2.06. The van der Waals surface area contributed by atoms with Crippen LogP contribution in [-0.2, 0) is 6.42 Å². The normalized spacial score (nSPS) is 11.2. The van der Waals surface area contributed by atoms with E-state index in [0.29, 0.717) is 11.7 Å². The Hall–Kier alpha value is -1.50. The number of aryl methyl sites for hydroxylation is 1. The van der Waals surface area contributed by atoms with E-state index in [-0.39, 0.29) is 0 Å². The smallest absolute Gasteiger partial charge is 0.123 e. The lowest BCUT2D eigenvalue weighted by atomic mass is 9.97. The number of hydrogen-bond acceptors (Lipinski definition) is 1. The van der Waals surface area contributed by atoms with Gasteiger partial charge in [0.05, 0.1) is 0 Å². The lowest BCUT2D eigenvalue weighted by Gasteiger charge is -2.10. The summed E-state index contributed by atoms with van der Waals surface area (Å²) >= 11 is 0. The van der Waals surface area contributed by atoms with E-state index >= 15 is 0 Å².